The van der Waals surface area contributed by atoms with E-state index in [9.17, 15) is 13.2 Å². The average Bonchev–Trinajstić information content (AvgIpc) is 2.65. The molecular weight excluding hydrogens is 338 g/mol. The molecule has 140 valence electrons. The molecule has 2 rings (SSSR count). The molecule has 1 aliphatic rings. The molecule has 0 spiro atoms. The Kier molecular flexibility index (Phi) is 7.40. The second-order valence-electron chi connectivity index (χ2n) is 6.53. The number of benzene rings is 1. The Morgan fingerprint density at radius 2 is 1.80 bits per heavy atom. The highest BCUT2D eigenvalue weighted by molar-refractivity contribution is 7.89. The second kappa shape index (κ2) is 9.31. The number of quaternary nitrogens is 1. The summed E-state index contributed by atoms with van der Waals surface area (Å²) in [5.41, 5.74) is 0.987. The molecule has 25 heavy (non-hydrogen) atoms. The molecule has 1 fully saturated rings. The summed E-state index contributed by atoms with van der Waals surface area (Å²) in [6.07, 6.45) is 1.87. The minimum atomic E-state index is -3.42. The molecule has 1 heterocycles. The van der Waals surface area contributed by atoms with Crippen LogP contribution in [0.15, 0.2) is 29.2 Å². The number of sulfonamides is 1. The minimum absolute atomic E-state index is 0.191. The number of nitrogens with one attached hydrogen (secondary N) is 2. The first kappa shape index (κ1) is 19.9. The molecule has 1 saturated heterocycles. The van der Waals surface area contributed by atoms with Crippen LogP contribution < -0.4 is 9.62 Å². The molecule has 0 aliphatic carbocycles. The van der Waals surface area contributed by atoms with E-state index in [0.717, 1.165) is 44.7 Å². The number of hydrogen-bond donors (Lipinski definition) is 2. The highest BCUT2D eigenvalue weighted by atomic mass is 32.2. The number of piperazine rings is 1. The van der Waals surface area contributed by atoms with Gasteiger partial charge in [0.1, 0.15) is 0 Å². The molecule has 0 unspecified atom stereocenters. The number of nitrogens with zero attached hydrogens (tertiary/aromatic N) is 1. The van der Waals surface area contributed by atoms with Crippen LogP contribution in [-0.2, 0) is 21.2 Å². The fraction of sp³-hybridized carbons (Fsp3) is 0.611. The topological polar surface area (TPSA) is 70.9 Å². The average molecular weight is 369 g/mol. The number of aryl methyl sites for hydroxylation is 1. The number of hydrogen-bond acceptors (Lipinski definition) is 3. The number of rotatable bonds is 8. The molecule has 7 heteroatoms. The molecular formula is C18H30N3O3S+. The van der Waals surface area contributed by atoms with Gasteiger partial charge in [-0.25, -0.2) is 13.1 Å². The lowest BCUT2D eigenvalue weighted by Crippen LogP contribution is -3.14. The number of likely N-dealkylation sites (N-methyl/N-ethyl adjacent to an activating group) is 1. The predicted octanol–water partition coefficient (Wildman–Crippen LogP) is 0.0545. The van der Waals surface area contributed by atoms with E-state index >= 15 is 0 Å². The zero-order valence-corrected chi connectivity index (χ0v) is 16.1. The van der Waals surface area contributed by atoms with Gasteiger partial charge in [-0.05, 0) is 37.5 Å². The summed E-state index contributed by atoms with van der Waals surface area (Å²) in [6, 6.07) is 6.82. The Morgan fingerprint density at radius 3 is 2.36 bits per heavy atom. The van der Waals surface area contributed by atoms with Gasteiger partial charge >= 0.3 is 0 Å². The standard InChI is InChI=1S/C18H29N3O3S/c1-3-11-19-25(23,24)17-8-5-16(6-9-17)7-10-18(22)21-14-12-20(4-2)13-15-21/h5-6,8-9,19H,3-4,7,10-15H2,1-2H3/p+1. The third kappa shape index (κ3) is 5.80. The zero-order chi connectivity index (χ0) is 18.3. The normalized spacial score (nSPS) is 16.2. The van der Waals surface area contributed by atoms with Gasteiger partial charge in [-0.3, -0.25) is 4.79 Å². The van der Waals surface area contributed by atoms with Crippen molar-refractivity contribution >= 4 is 15.9 Å². The third-order valence-electron chi connectivity index (χ3n) is 4.73. The van der Waals surface area contributed by atoms with E-state index in [0.29, 0.717) is 19.4 Å². The Hall–Kier alpha value is -1.44. The van der Waals surface area contributed by atoms with E-state index in [4.69, 9.17) is 0 Å². The van der Waals surface area contributed by atoms with Crippen LogP contribution in [-0.4, -0.2) is 58.5 Å². The highest BCUT2D eigenvalue weighted by Crippen LogP contribution is 2.12. The largest absolute Gasteiger partial charge is 0.332 e. The second-order valence-corrected chi connectivity index (χ2v) is 8.29. The molecule has 1 aromatic rings. The Bertz CT molecular complexity index is 651. The van der Waals surface area contributed by atoms with Crippen molar-refractivity contribution in [2.24, 2.45) is 0 Å². The lowest BCUT2D eigenvalue weighted by molar-refractivity contribution is -0.902. The smallest absolute Gasteiger partial charge is 0.240 e. The van der Waals surface area contributed by atoms with Crippen LogP contribution in [0, 0.1) is 0 Å². The van der Waals surface area contributed by atoms with Crippen molar-refractivity contribution in [3.05, 3.63) is 29.8 Å². The van der Waals surface area contributed by atoms with Crippen molar-refractivity contribution in [2.75, 3.05) is 39.3 Å². The van der Waals surface area contributed by atoms with Gasteiger partial charge in [0.15, 0.2) is 0 Å². The number of amides is 1. The molecule has 0 radical (unpaired) electrons. The fourth-order valence-electron chi connectivity index (χ4n) is 2.99. The quantitative estimate of drug-likeness (QED) is 0.681. The van der Waals surface area contributed by atoms with Gasteiger partial charge in [0.2, 0.25) is 15.9 Å². The van der Waals surface area contributed by atoms with E-state index in [2.05, 4.69) is 11.6 Å². The van der Waals surface area contributed by atoms with Gasteiger partial charge in [0.25, 0.3) is 0 Å². The number of carbonyl (C=O) groups is 1. The van der Waals surface area contributed by atoms with E-state index in [1.54, 1.807) is 29.2 Å². The van der Waals surface area contributed by atoms with Gasteiger partial charge in [0, 0.05) is 13.0 Å². The molecule has 1 aliphatic heterocycles. The maximum absolute atomic E-state index is 12.3. The molecule has 1 aromatic carbocycles. The van der Waals surface area contributed by atoms with Crippen LogP contribution in [0.25, 0.3) is 0 Å². The Morgan fingerprint density at radius 1 is 1.16 bits per heavy atom. The Balaban J connectivity index is 1.84. The molecule has 2 N–H and O–H groups in total. The van der Waals surface area contributed by atoms with Gasteiger partial charge in [0.05, 0.1) is 37.6 Å². The first-order valence-electron chi connectivity index (χ1n) is 9.16. The lowest BCUT2D eigenvalue weighted by atomic mass is 10.1. The summed E-state index contributed by atoms with van der Waals surface area (Å²) < 4.78 is 26.7. The Labute approximate surface area is 151 Å². The van der Waals surface area contributed by atoms with Crippen molar-refractivity contribution < 1.29 is 18.1 Å². The van der Waals surface area contributed by atoms with Crippen LogP contribution >= 0.6 is 0 Å². The van der Waals surface area contributed by atoms with Gasteiger partial charge < -0.3 is 9.80 Å². The van der Waals surface area contributed by atoms with Crippen molar-refractivity contribution in [2.45, 2.75) is 38.0 Å². The van der Waals surface area contributed by atoms with Crippen molar-refractivity contribution in [3.8, 4) is 0 Å². The van der Waals surface area contributed by atoms with Crippen LogP contribution in [0.1, 0.15) is 32.3 Å². The molecule has 0 aromatic heterocycles. The SMILES string of the molecule is CCCNS(=O)(=O)c1ccc(CCC(=O)N2CC[NH+](CC)CC2)cc1. The molecule has 0 bridgehead atoms. The summed E-state index contributed by atoms with van der Waals surface area (Å²) in [4.78, 5) is 16.1. The van der Waals surface area contributed by atoms with E-state index in [1.165, 1.54) is 0 Å². The molecule has 0 atom stereocenters. The van der Waals surface area contributed by atoms with E-state index in [1.807, 2.05) is 11.8 Å². The maximum atomic E-state index is 12.3. The fourth-order valence-corrected chi connectivity index (χ4v) is 4.12. The first-order chi connectivity index (χ1) is 12.0. The van der Waals surface area contributed by atoms with Crippen LogP contribution in [0.4, 0.5) is 0 Å². The van der Waals surface area contributed by atoms with Crippen molar-refractivity contribution in [1.29, 1.82) is 0 Å². The van der Waals surface area contributed by atoms with Gasteiger partial charge in [-0.15, -0.1) is 0 Å². The van der Waals surface area contributed by atoms with Crippen molar-refractivity contribution in [1.82, 2.24) is 9.62 Å². The minimum Gasteiger partial charge on any atom is -0.332 e. The molecule has 6 nitrogen and oxygen atoms in total. The monoisotopic (exact) mass is 368 g/mol. The van der Waals surface area contributed by atoms with E-state index < -0.39 is 10.0 Å². The highest BCUT2D eigenvalue weighted by Gasteiger charge is 2.22. The van der Waals surface area contributed by atoms with Gasteiger partial charge in [-0.1, -0.05) is 19.1 Å². The molecule has 1 amide bonds. The van der Waals surface area contributed by atoms with Gasteiger partial charge in [-0.2, -0.15) is 0 Å². The summed E-state index contributed by atoms with van der Waals surface area (Å²) in [5.74, 6) is 0.191. The summed E-state index contributed by atoms with van der Waals surface area (Å²) in [6.45, 7) is 9.38. The number of carbonyl (C=O) groups excluding carboxylic acids is 1. The van der Waals surface area contributed by atoms with Crippen LogP contribution in [0.5, 0.6) is 0 Å². The molecule has 0 saturated carbocycles. The maximum Gasteiger partial charge on any atom is 0.240 e. The summed E-state index contributed by atoms with van der Waals surface area (Å²) in [5, 5.41) is 0. The van der Waals surface area contributed by atoms with E-state index in [-0.39, 0.29) is 10.8 Å². The lowest BCUT2D eigenvalue weighted by Gasteiger charge is -2.31. The summed E-state index contributed by atoms with van der Waals surface area (Å²) in [7, 11) is -3.42. The van der Waals surface area contributed by atoms with Crippen molar-refractivity contribution in [3.63, 3.8) is 0 Å². The first-order valence-corrected chi connectivity index (χ1v) is 10.6. The third-order valence-corrected chi connectivity index (χ3v) is 6.20. The summed E-state index contributed by atoms with van der Waals surface area (Å²) >= 11 is 0. The van der Waals surface area contributed by atoms with Crippen LogP contribution in [0.2, 0.25) is 0 Å². The van der Waals surface area contributed by atoms with Crippen LogP contribution in [0.3, 0.4) is 0 Å². The zero-order valence-electron chi connectivity index (χ0n) is 15.3. The predicted molar refractivity (Wildman–Crippen MR) is 98.1 cm³/mol.